The smallest absolute Gasteiger partial charge is 0.264 e. The highest BCUT2D eigenvalue weighted by Crippen LogP contribution is 2.33. The van der Waals surface area contributed by atoms with Gasteiger partial charge >= 0.3 is 0 Å². The van der Waals surface area contributed by atoms with Gasteiger partial charge in [0.25, 0.3) is 10.0 Å². The molecule has 2 amide bonds. The molecule has 3 rings (SSSR count). The van der Waals surface area contributed by atoms with E-state index in [4.69, 9.17) is 21.1 Å². The quantitative estimate of drug-likeness (QED) is 0.232. The summed E-state index contributed by atoms with van der Waals surface area (Å²) in [6.45, 7) is 7.26. The Morgan fingerprint density at radius 2 is 1.58 bits per heavy atom. The summed E-state index contributed by atoms with van der Waals surface area (Å²) in [6.07, 6.45) is 1.04. The second-order valence-corrected chi connectivity index (χ2v) is 12.3. The summed E-state index contributed by atoms with van der Waals surface area (Å²) in [5.41, 5.74) is 0.958. The molecular formula is C32H40ClN3O6S. The number of carbonyl (C=O) groups is 2. The fourth-order valence-corrected chi connectivity index (χ4v) is 6.03. The molecule has 0 fully saturated rings. The predicted molar refractivity (Wildman–Crippen MR) is 169 cm³/mol. The average molecular weight is 630 g/mol. The third-order valence-electron chi connectivity index (χ3n) is 7.01. The molecule has 11 heteroatoms. The van der Waals surface area contributed by atoms with Crippen molar-refractivity contribution in [1.82, 2.24) is 10.2 Å². The molecule has 0 saturated carbocycles. The van der Waals surface area contributed by atoms with Crippen molar-refractivity contribution in [2.24, 2.45) is 0 Å². The third-order valence-corrected chi connectivity index (χ3v) is 9.04. The lowest BCUT2D eigenvalue weighted by Crippen LogP contribution is -2.53. The van der Waals surface area contributed by atoms with Gasteiger partial charge in [-0.3, -0.25) is 13.9 Å². The highest BCUT2D eigenvalue weighted by atomic mass is 35.5. The Kier molecular flexibility index (Phi) is 12.3. The van der Waals surface area contributed by atoms with Gasteiger partial charge in [-0.1, -0.05) is 49.7 Å². The monoisotopic (exact) mass is 629 g/mol. The maximum absolute atomic E-state index is 14.3. The highest BCUT2D eigenvalue weighted by Gasteiger charge is 2.35. The number of methoxy groups -OCH3 is 1. The van der Waals surface area contributed by atoms with E-state index in [-0.39, 0.29) is 35.7 Å². The molecule has 9 nitrogen and oxygen atoms in total. The number of nitrogens with zero attached hydrogens (tertiary/aromatic N) is 2. The van der Waals surface area contributed by atoms with Gasteiger partial charge in [0.15, 0.2) is 0 Å². The van der Waals surface area contributed by atoms with Crippen LogP contribution >= 0.6 is 11.6 Å². The van der Waals surface area contributed by atoms with E-state index in [1.165, 1.54) is 29.2 Å². The van der Waals surface area contributed by atoms with Gasteiger partial charge in [-0.25, -0.2) is 8.42 Å². The molecule has 0 heterocycles. The van der Waals surface area contributed by atoms with Crippen molar-refractivity contribution >= 4 is 39.1 Å². The molecule has 0 aliphatic heterocycles. The fourth-order valence-electron chi connectivity index (χ4n) is 4.48. The van der Waals surface area contributed by atoms with Gasteiger partial charge in [-0.15, -0.1) is 0 Å². The van der Waals surface area contributed by atoms with E-state index in [0.29, 0.717) is 22.9 Å². The van der Waals surface area contributed by atoms with Gasteiger partial charge in [-0.05, 0) is 80.8 Å². The molecule has 3 aromatic rings. The molecule has 232 valence electrons. The van der Waals surface area contributed by atoms with E-state index in [9.17, 15) is 18.0 Å². The predicted octanol–water partition coefficient (Wildman–Crippen LogP) is 5.66. The van der Waals surface area contributed by atoms with E-state index in [1.54, 1.807) is 50.4 Å². The number of ether oxygens (including phenoxy) is 2. The summed E-state index contributed by atoms with van der Waals surface area (Å²) in [4.78, 5) is 29.1. The van der Waals surface area contributed by atoms with Crippen molar-refractivity contribution in [2.45, 2.75) is 64.1 Å². The largest absolute Gasteiger partial charge is 0.497 e. The van der Waals surface area contributed by atoms with Crippen LogP contribution in [-0.2, 0) is 26.2 Å². The van der Waals surface area contributed by atoms with E-state index in [0.717, 1.165) is 16.3 Å². The van der Waals surface area contributed by atoms with E-state index in [2.05, 4.69) is 5.32 Å². The summed E-state index contributed by atoms with van der Waals surface area (Å²) in [7, 11) is -2.71. The Morgan fingerprint density at radius 1 is 0.930 bits per heavy atom. The van der Waals surface area contributed by atoms with Crippen molar-refractivity contribution in [3.05, 3.63) is 83.4 Å². The second-order valence-electron chi connectivity index (χ2n) is 9.98. The highest BCUT2D eigenvalue weighted by molar-refractivity contribution is 7.92. The summed E-state index contributed by atoms with van der Waals surface area (Å²) in [5.74, 6) is 0.0980. The van der Waals surface area contributed by atoms with Crippen molar-refractivity contribution < 1.29 is 27.5 Å². The van der Waals surface area contributed by atoms with Crippen LogP contribution in [0.4, 0.5) is 5.69 Å². The Bertz CT molecular complexity index is 1470. The number of nitrogens with one attached hydrogen (secondary N) is 1. The van der Waals surface area contributed by atoms with Crippen LogP contribution in [0.2, 0.25) is 5.02 Å². The lowest BCUT2D eigenvalue weighted by Gasteiger charge is -2.34. The molecule has 3 aromatic carbocycles. The van der Waals surface area contributed by atoms with E-state index < -0.39 is 28.5 Å². The molecule has 0 aromatic heterocycles. The molecule has 0 bridgehead atoms. The SMILES string of the molecule is CCOc1ccccc1N(CC(=O)N(Cc1ccc(OC)cc1)[C@H](CC)C(=O)N[C@H](C)CC)S(=O)(=O)c1ccc(Cl)cc1. The van der Waals surface area contributed by atoms with Gasteiger partial charge in [-0.2, -0.15) is 0 Å². The number of hydrogen-bond acceptors (Lipinski definition) is 6. The Morgan fingerprint density at radius 3 is 2.16 bits per heavy atom. The Balaban J connectivity index is 2.10. The number of rotatable bonds is 15. The number of hydrogen-bond donors (Lipinski definition) is 1. The maximum atomic E-state index is 14.3. The van der Waals surface area contributed by atoms with Crippen LogP contribution < -0.4 is 19.1 Å². The first-order chi connectivity index (χ1) is 20.5. The molecule has 0 saturated heterocycles. The minimum absolute atomic E-state index is 0.0424. The Labute approximate surface area is 259 Å². The average Bonchev–Trinajstić information content (AvgIpc) is 3.00. The van der Waals surface area contributed by atoms with Crippen LogP contribution in [0, 0.1) is 0 Å². The van der Waals surface area contributed by atoms with Crippen molar-refractivity contribution in [3.8, 4) is 11.5 Å². The number of anilines is 1. The van der Waals surface area contributed by atoms with Crippen LogP contribution in [0.25, 0.3) is 0 Å². The van der Waals surface area contributed by atoms with Crippen LogP contribution in [0.3, 0.4) is 0 Å². The number of carbonyl (C=O) groups excluding carboxylic acids is 2. The lowest BCUT2D eigenvalue weighted by atomic mass is 10.1. The van der Waals surface area contributed by atoms with E-state index in [1.807, 2.05) is 32.9 Å². The standard InChI is InChI=1S/C32H40ClN3O6S/c1-6-23(4)34-32(38)28(7-2)35(21-24-13-17-26(41-5)18-14-24)31(37)22-36(29-11-9-10-12-30(29)42-8-3)43(39,40)27-19-15-25(33)16-20-27/h9-20,23,28H,6-8,21-22H2,1-5H3,(H,34,38)/t23-,28-/m1/s1. The minimum Gasteiger partial charge on any atom is -0.497 e. The molecule has 0 aliphatic rings. The topological polar surface area (TPSA) is 105 Å². The van der Waals surface area contributed by atoms with Crippen molar-refractivity contribution in [3.63, 3.8) is 0 Å². The fraction of sp³-hybridized carbons (Fsp3) is 0.375. The summed E-state index contributed by atoms with van der Waals surface area (Å²) in [6, 6.07) is 18.6. The summed E-state index contributed by atoms with van der Waals surface area (Å²) >= 11 is 6.04. The molecule has 0 spiro atoms. The summed E-state index contributed by atoms with van der Waals surface area (Å²) < 4.78 is 40.3. The van der Waals surface area contributed by atoms with E-state index >= 15 is 0 Å². The molecule has 43 heavy (non-hydrogen) atoms. The molecule has 1 N–H and O–H groups in total. The zero-order valence-electron chi connectivity index (χ0n) is 25.2. The first kappa shape index (κ1) is 33.7. The third kappa shape index (κ3) is 8.64. The van der Waals surface area contributed by atoms with Crippen LogP contribution in [0.5, 0.6) is 11.5 Å². The first-order valence-electron chi connectivity index (χ1n) is 14.3. The van der Waals surface area contributed by atoms with Crippen molar-refractivity contribution in [2.75, 3.05) is 24.6 Å². The van der Waals surface area contributed by atoms with Gasteiger partial charge in [0.1, 0.15) is 24.1 Å². The maximum Gasteiger partial charge on any atom is 0.264 e. The molecule has 0 unspecified atom stereocenters. The zero-order valence-corrected chi connectivity index (χ0v) is 26.8. The molecule has 0 aliphatic carbocycles. The number of benzene rings is 3. The van der Waals surface area contributed by atoms with Gasteiger partial charge < -0.3 is 19.7 Å². The molecule has 0 radical (unpaired) electrons. The lowest BCUT2D eigenvalue weighted by molar-refractivity contribution is -0.140. The normalized spacial score (nSPS) is 12.6. The number of halogens is 1. The number of sulfonamides is 1. The number of amides is 2. The van der Waals surface area contributed by atoms with Gasteiger partial charge in [0.05, 0.1) is 24.3 Å². The van der Waals surface area contributed by atoms with Crippen LogP contribution in [-0.4, -0.2) is 57.5 Å². The second kappa shape index (κ2) is 15.6. The zero-order chi connectivity index (χ0) is 31.6. The number of para-hydroxylation sites is 2. The molecule has 2 atom stereocenters. The Hall–Kier alpha value is -3.76. The molecular weight excluding hydrogens is 590 g/mol. The van der Waals surface area contributed by atoms with Gasteiger partial charge in [0, 0.05) is 17.6 Å². The van der Waals surface area contributed by atoms with Crippen LogP contribution in [0.15, 0.2) is 77.7 Å². The van der Waals surface area contributed by atoms with Crippen molar-refractivity contribution in [1.29, 1.82) is 0 Å². The first-order valence-corrected chi connectivity index (χ1v) is 16.1. The van der Waals surface area contributed by atoms with Gasteiger partial charge in [0.2, 0.25) is 11.8 Å². The minimum atomic E-state index is -4.27. The van der Waals surface area contributed by atoms with Crippen LogP contribution in [0.1, 0.15) is 46.1 Å². The summed E-state index contributed by atoms with van der Waals surface area (Å²) in [5, 5.41) is 3.35.